The average Bonchev–Trinajstić information content (AvgIpc) is 3.11. The highest BCUT2D eigenvalue weighted by molar-refractivity contribution is 8.26. The molecule has 1 fully saturated rings. The van der Waals surface area contributed by atoms with Crippen LogP contribution in [0.3, 0.4) is 0 Å². The summed E-state index contributed by atoms with van der Waals surface area (Å²) in [5, 5.41) is 9.37. The Hall–Kier alpha value is -1.51. The molecule has 0 spiro atoms. The first-order chi connectivity index (χ1) is 11.0. The molecule has 1 N–H and O–H groups in total. The van der Waals surface area contributed by atoms with Crippen LogP contribution in [-0.2, 0) is 9.59 Å². The molecule has 1 atom stereocenters. The second-order valence-corrected chi connectivity index (χ2v) is 7.25. The number of thioether (sulfide) groups is 2. The molecule has 0 saturated carbocycles. The Morgan fingerprint density at radius 2 is 2.39 bits per heavy atom. The van der Waals surface area contributed by atoms with Gasteiger partial charge in [0.1, 0.15) is 16.1 Å². The Kier molecular flexibility index (Phi) is 6.49. The van der Waals surface area contributed by atoms with E-state index in [1.807, 2.05) is 6.26 Å². The zero-order chi connectivity index (χ0) is 16.8. The van der Waals surface area contributed by atoms with Crippen LogP contribution in [0.15, 0.2) is 39.9 Å². The van der Waals surface area contributed by atoms with Crippen molar-refractivity contribution in [2.45, 2.75) is 12.5 Å². The number of furan rings is 1. The highest BCUT2D eigenvalue weighted by Crippen LogP contribution is 2.33. The van der Waals surface area contributed by atoms with E-state index >= 15 is 0 Å². The Labute approximate surface area is 147 Å². The van der Waals surface area contributed by atoms with Crippen molar-refractivity contribution in [3.63, 3.8) is 0 Å². The molecule has 1 aromatic rings. The number of nitrogens with zero attached hydrogens (tertiary/aromatic N) is 1. The molecule has 5 nitrogen and oxygen atoms in total. The van der Waals surface area contributed by atoms with Gasteiger partial charge in [-0.3, -0.25) is 9.69 Å². The Bertz CT molecular complexity index is 652. The van der Waals surface area contributed by atoms with E-state index in [1.54, 1.807) is 36.6 Å². The van der Waals surface area contributed by atoms with Crippen molar-refractivity contribution in [3.8, 4) is 0 Å². The van der Waals surface area contributed by atoms with E-state index in [0.29, 0.717) is 22.8 Å². The molecular formula is C15H15NO4S3. The number of allylic oxidation sites excluding steroid dienone is 2. The van der Waals surface area contributed by atoms with Crippen molar-refractivity contribution in [1.29, 1.82) is 0 Å². The lowest BCUT2D eigenvalue weighted by molar-refractivity contribution is -0.145. The zero-order valence-corrected chi connectivity index (χ0v) is 14.7. The summed E-state index contributed by atoms with van der Waals surface area (Å²) >= 11 is 7.83. The molecule has 122 valence electrons. The van der Waals surface area contributed by atoms with E-state index in [9.17, 15) is 14.7 Å². The summed E-state index contributed by atoms with van der Waals surface area (Å²) in [5.41, 5.74) is 0. The zero-order valence-electron chi connectivity index (χ0n) is 12.3. The summed E-state index contributed by atoms with van der Waals surface area (Å²) in [7, 11) is 0. The number of hydrogen-bond donors (Lipinski definition) is 1. The SMILES string of the molecule is CSCC[C@H](C(=O)O)N1C(=O)/C(=C\C=C\c2ccco2)SC1=S. The lowest BCUT2D eigenvalue weighted by atomic mass is 10.2. The van der Waals surface area contributed by atoms with Gasteiger partial charge in [0.15, 0.2) is 0 Å². The van der Waals surface area contributed by atoms with Gasteiger partial charge in [-0.2, -0.15) is 11.8 Å². The smallest absolute Gasteiger partial charge is 0.326 e. The minimum Gasteiger partial charge on any atom is -0.480 e. The predicted molar refractivity (Wildman–Crippen MR) is 97.3 cm³/mol. The van der Waals surface area contributed by atoms with Crippen LogP contribution in [0.5, 0.6) is 0 Å². The van der Waals surface area contributed by atoms with Gasteiger partial charge in [0, 0.05) is 0 Å². The molecule has 1 aliphatic heterocycles. The fourth-order valence-corrected chi connectivity index (χ4v) is 3.74. The lowest BCUT2D eigenvalue weighted by Gasteiger charge is -2.22. The summed E-state index contributed by atoms with van der Waals surface area (Å²) < 4.78 is 5.44. The number of amides is 1. The Morgan fingerprint density at radius 1 is 1.61 bits per heavy atom. The summed E-state index contributed by atoms with van der Waals surface area (Å²) in [6.07, 6.45) is 8.83. The van der Waals surface area contributed by atoms with Gasteiger partial charge in [0.25, 0.3) is 5.91 Å². The van der Waals surface area contributed by atoms with Crippen LogP contribution in [0.25, 0.3) is 6.08 Å². The molecule has 0 radical (unpaired) electrons. The molecule has 1 aliphatic rings. The van der Waals surface area contributed by atoms with Gasteiger partial charge in [-0.1, -0.05) is 30.1 Å². The van der Waals surface area contributed by atoms with Crippen LogP contribution in [0.1, 0.15) is 12.2 Å². The maximum atomic E-state index is 12.4. The molecule has 0 unspecified atom stereocenters. The van der Waals surface area contributed by atoms with Gasteiger partial charge < -0.3 is 9.52 Å². The molecule has 8 heteroatoms. The monoisotopic (exact) mass is 369 g/mol. The summed E-state index contributed by atoms with van der Waals surface area (Å²) in [4.78, 5) is 25.5. The number of rotatable bonds is 7. The predicted octanol–water partition coefficient (Wildman–Crippen LogP) is 3.24. The van der Waals surface area contributed by atoms with Crippen LogP contribution < -0.4 is 0 Å². The molecule has 23 heavy (non-hydrogen) atoms. The van der Waals surface area contributed by atoms with Gasteiger partial charge in [0.2, 0.25) is 0 Å². The highest BCUT2D eigenvalue weighted by Gasteiger charge is 2.39. The van der Waals surface area contributed by atoms with Crippen molar-refractivity contribution >= 4 is 58.0 Å². The van der Waals surface area contributed by atoms with E-state index in [-0.39, 0.29) is 10.2 Å². The van der Waals surface area contributed by atoms with Gasteiger partial charge in [-0.25, -0.2) is 4.79 Å². The molecule has 2 heterocycles. The normalized spacial score (nSPS) is 18.3. The third-order valence-corrected chi connectivity index (χ3v) is 5.06. The number of carboxylic acid groups (broad SMARTS) is 1. The first-order valence-electron chi connectivity index (χ1n) is 6.73. The van der Waals surface area contributed by atoms with Gasteiger partial charge in [-0.15, -0.1) is 0 Å². The summed E-state index contributed by atoms with van der Waals surface area (Å²) in [6, 6.07) is 2.63. The largest absolute Gasteiger partial charge is 0.480 e. The van der Waals surface area contributed by atoms with E-state index in [4.69, 9.17) is 16.6 Å². The number of thiocarbonyl (C=S) groups is 1. The van der Waals surface area contributed by atoms with Crippen molar-refractivity contribution in [1.82, 2.24) is 4.90 Å². The van der Waals surface area contributed by atoms with Crippen LogP contribution >= 0.6 is 35.7 Å². The first-order valence-corrected chi connectivity index (χ1v) is 9.35. The summed E-state index contributed by atoms with van der Waals surface area (Å²) in [6.45, 7) is 0. The van der Waals surface area contributed by atoms with Crippen molar-refractivity contribution in [3.05, 3.63) is 41.2 Å². The molecule has 1 aromatic heterocycles. The molecule has 1 amide bonds. The number of aliphatic carboxylic acids is 1. The van der Waals surface area contributed by atoms with Crippen molar-refractivity contribution in [2.24, 2.45) is 0 Å². The molecular weight excluding hydrogens is 354 g/mol. The third kappa shape index (κ3) is 4.49. The average molecular weight is 369 g/mol. The quantitative estimate of drug-likeness (QED) is 0.584. The van der Waals surface area contributed by atoms with E-state index in [2.05, 4.69) is 0 Å². The van der Waals surface area contributed by atoms with Gasteiger partial charge in [-0.05, 0) is 42.7 Å². The molecule has 2 rings (SSSR count). The standard InChI is InChI=1S/C15H15NO4S3/c1-22-9-7-11(14(18)19)16-13(17)12(23-15(16)21)6-2-4-10-5-3-8-20-10/h2-6,8,11H,7,9H2,1H3,(H,18,19)/b4-2+,12-6+/t11-/m1/s1. The summed E-state index contributed by atoms with van der Waals surface area (Å²) in [5.74, 6) is -0.0914. The van der Waals surface area contributed by atoms with Crippen LogP contribution in [0.2, 0.25) is 0 Å². The minimum atomic E-state index is -1.04. The fraction of sp³-hybridized carbons (Fsp3) is 0.267. The Balaban J connectivity index is 2.13. The van der Waals surface area contributed by atoms with Crippen LogP contribution in [-0.4, -0.2) is 44.3 Å². The van der Waals surface area contributed by atoms with E-state index in [0.717, 1.165) is 11.8 Å². The molecule has 0 aromatic carbocycles. The van der Waals surface area contributed by atoms with Gasteiger partial charge >= 0.3 is 5.97 Å². The second-order valence-electron chi connectivity index (χ2n) is 4.58. The van der Waals surface area contributed by atoms with Crippen LogP contribution in [0, 0.1) is 0 Å². The number of carboxylic acids is 1. The van der Waals surface area contributed by atoms with Crippen molar-refractivity contribution in [2.75, 3.05) is 12.0 Å². The second kappa shape index (κ2) is 8.37. The topological polar surface area (TPSA) is 70.8 Å². The lowest BCUT2D eigenvalue weighted by Crippen LogP contribution is -2.44. The number of carbonyl (C=O) groups excluding carboxylic acids is 1. The van der Waals surface area contributed by atoms with Crippen LogP contribution in [0.4, 0.5) is 0 Å². The van der Waals surface area contributed by atoms with E-state index in [1.165, 1.54) is 16.7 Å². The first kappa shape index (κ1) is 17.8. The fourth-order valence-electron chi connectivity index (χ4n) is 1.97. The Morgan fingerprint density at radius 3 is 3.00 bits per heavy atom. The van der Waals surface area contributed by atoms with E-state index < -0.39 is 12.0 Å². The molecule has 1 saturated heterocycles. The third-order valence-electron chi connectivity index (χ3n) is 3.07. The van der Waals surface area contributed by atoms with Crippen molar-refractivity contribution < 1.29 is 19.1 Å². The molecule has 0 bridgehead atoms. The number of hydrogen-bond acceptors (Lipinski definition) is 6. The molecule has 0 aliphatic carbocycles. The minimum absolute atomic E-state index is 0.279. The highest BCUT2D eigenvalue weighted by atomic mass is 32.2. The number of carbonyl (C=O) groups is 2. The maximum absolute atomic E-state index is 12.4. The maximum Gasteiger partial charge on any atom is 0.326 e. The van der Waals surface area contributed by atoms with Gasteiger partial charge in [0.05, 0.1) is 11.2 Å².